The molecule has 2 nitrogen and oxygen atoms in total. The fourth-order valence-electron chi connectivity index (χ4n) is 2.04. The zero-order chi connectivity index (χ0) is 16.1. The standard InChI is InChI=1S/C16H17B2O2S2/c1-15(2,19)16(3,4)20-18-12-8-10-6-5-9-7-11(17)21-13(9)14(10)22-12/h5-8,19H,1-4H3. The van der Waals surface area contributed by atoms with Crippen molar-refractivity contribution in [1.29, 1.82) is 0 Å². The Morgan fingerprint density at radius 2 is 1.64 bits per heavy atom. The molecule has 0 saturated heterocycles. The summed E-state index contributed by atoms with van der Waals surface area (Å²) in [5.74, 6) is 0. The first-order valence-corrected chi connectivity index (χ1v) is 8.76. The third-order valence-electron chi connectivity index (χ3n) is 4.15. The fourth-order valence-corrected chi connectivity index (χ4v) is 4.14. The molecule has 0 unspecified atom stereocenters. The van der Waals surface area contributed by atoms with E-state index in [1.54, 1.807) is 44.0 Å². The Hall–Kier alpha value is -0.810. The van der Waals surface area contributed by atoms with E-state index < -0.39 is 11.2 Å². The number of fused-ring (bicyclic) bond motifs is 3. The molecule has 0 saturated carbocycles. The maximum atomic E-state index is 10.2. The van der Waals surface area contributed by atoms with Crippen molar-refractivity contribution in [3.05, 3.63) is 24.3 Å². The lowest BCUT2D eigenvalue weighted by Gasteiger charge is -2.37. The van der Waals surface area contributed by atoms with Crippen molar-refractivity contribution in [1.82, 2.24) is 0 Å². The number of hydrogen-bond acceptors (Lipinski definition) is 4. The predicted molar refractivity (Wildman–Crippen MR) is 99.4 cm³/mol. The lowest BCUT2D eigenvalue weighted by molar-refractivity contribution is -0.0892. The Kier molecular flexibility index (Phi) is 3.92. The molecule has 3 radical (unpaired) electrons. The van der Waals surface area contributed by atoms with Crippen molar-refractivity contribution in [3.63, 3.8) is 0 Å². The molecule has 0 amide bonds. The zero-order valence-corrected chi connectivity index (χ0v) is 14.8. The average molecular weight is 327 g/mol. The lowest BCUT2D eigenvalue weighted by Crippen LogP contribution is -2.49. The normalized spacial score (nSPS) is 13.1. The van der Waals surface area contributed by atoms with E-state index in [1.165, 1.54) is 20.2 Å². The largest absolute Gasteiger partial charge is 0.426 e. The summed E-state index contributed by atoms with van der Waals surface area (Å²) >= 11 is 3.30. The van der Waals surface area contributed by atoms with Gasteiger partial charge < -0.3 is 9.76 Å². The quantitative estimate of drug-likeness (QED) is 0.747. The maximum Gasteiger partial charge on any atom is 0.341 e. The second-order valence-corrected chi connectivity index (χ2v) is 8.67. The first-order chi connectivity index (χ1) is 10.2. The monoisotopic (exact) mass is 327 g/mol. The van der Waals surface area contributed by atoms with Crippen LogP contribution >= 0.6 is 22.7 Å². The topological polar surface area (TPSA) is 29.5 Å². The number of benzene rings is 1. The van der Waals surface area contributed by atoms with Gasteiger partial charge in [0.05, 0.1) is 20.6 Å². The lowest BCUT2D eigenvalue weighted by atomic mass is 9.86. The second-order valence-electron chi connectivity index (χ2n) is 6.50. The van der Waals surface area contributed by atoms with E-state index in [-0.39, 0.29) is 0 Å². The molecular weight excluding hydrogens is 310 g/mol. The average Bonchev–Trinajstić information content (AvgIpc) is 2.96. The summed E-state index contributed by atoms with van der Waals surface area (Å²) in [4.78, 5) is 0. The van der Waals surface area contributed by atoms with E-state index in [2.05, 4.69) is 18.2 Å². The molecule has 1 N–H and O–H groups in total. The number of aliphatic hydroxyl groups is 1. The van der Waals surface area contributed by atoms with Crippen LogP contribution in [0.2, 0.25) is 0 Å². The van der Waals surface area contributed by atoms with Crippen molar-refractivity contribution < 1.29 is 9.76 Å². The van der Waals surface area contributed by atoms with Gasteiger partial charge in [-0.3, -0.25) is 0 Å². The fraction of sp³-hybridized carbons (Fsp3) is 0.375. The highest BCUT2D eigenvalue weighted by Gasteiger charge is 2.35. The van der Waals surface area contributed by atoms with Gasteiger partial charge in [-0.1, -0.05) is 18.2 Å². The van der Waals surface area contributed by atoms with Crippen molar-refractivity contribution in [3.8, 4) is 0 Å². The smallest absolute Gasteiger partial charge is 0.341 e. The molecule has 0 aliphatic heterocycles. The first-order valence-electron chi connectivity index (χ1n) is 7.12. The van der Waals surface area contributed by atoms with Crippen LogP contribution in [0.3, 0.4) is 0 Å². The summed E-state index contributed by atoms with van der Waals surface area (Å²) in [5.41, 5.74) is -1.58. The van der Waals surface area contributed by atoms with E-state index in [1.807, 2.05) is 19.9 Å². The van der Waals surface area contributed by atoms with Gasteiger partial charge in [0.15, 0.2) is 0 Å². The molecule has 0 fully saturated rings. The molecule has 2 aromatic heterocycles. The summed E-state index contributed by atoms with van der Waals surface area (Å²) in [6.45, 7) is 7.28. The molecule has 0 bridgehead atoms. The Morgan fingerprint density at radius 1 is 1.05 bits per heavy atom. The maximum absolute atomic E-state index is 10.2. The van der Waals surface area contributed by atoms with Crippen LogP contribution in [0.15, 0.2) is 24.3 Å². The van der Waals surface area contributed by atoms with Gasteiger partial charge >= 0.3 is 7.48 Å². The highest BCUT2D eigenvalue weighted by Crippen LogP contribution is 2.32. The van der Waals surface area contributed by atoms with Gasteiger partial charge in [-0.25, -0.2) is 0 Å². The van der Waals surface area contributed by atoms with Crippen LogP contribution in [0.1, 0.15) is 27.7 Å². The van der Waals surface area contributed by atoms with E-state index in [9.17, 15) is 5.11 Å². The van der Waals surface area contributed by atoms with Gasteiger partial charge in [-0.05, 0) is 49.3 Å². The minimum atomic E-state index is -0.921. The highest BCUT2D eigenvalue weighted by molar-refractivity contribution is 7.33. The molecule has 111 valence electrons. The number of rotatable bonds is 4. The molecule has 2 heterocycles. The van der Waals surface area contributed by atoms with Gasteiger partial charge in [-0.15, -0.1) is 11.3 Å². The van der Waals surface area contributed by atoms with E-state index >= 15 is 0 Å². The molecule has 6 heteroatoms. The minimum Gasteiger partial charge on any atom is -0.426 e. The highest BCUT2D eigenvalue weighted by atomic mass is 32.1. The molecule has 3 aromatic rings. The van der Waals surface area contributed by atoms with Gasteiger partial charge in [0, 0.05) is 4.78 Å². The Labute approximate surface area is 140 Å². The van der Waals surface area contributed by atoms with Crippen LogP contribution in [-0.2, 0) is 4.65 Å². The van der Waals surface area contributed by atoms with Crippen LogP contribution in [0, 0.1) is 0 Å². The summed E-state index contributed by atoms with van der Waals surface area (Å²) in [5, 5.41) is 12.5. The van der Waals surface area contributed by atoms with Crippen molar-refractivity contribution >= 4 is 67.7 Å². The molecule has 0 aliphatic carbocycles. The molecular formula is C16H17B2O2S2. The van der Waals surface area contributed by atoms with Crippen LogP contribution in [-0.4, -0.2) is 31.6 Å². The van der Waals surface area contributed by atoms with Gasteiger partial charge in [0.2, 0.25) is 0 Å². The Bertz CT molecular complexity index is 828. The third kappa shape index (κ3) is 2.85. The molecule has 3 rings (SSSR count). The third-order valence-corrected chi connectivity index (χ3v) is 6.37. The van der Waals surface area contributed by atoms with E-state index in [0.29, 0.717) is 0 Å². The summed E-state index contributed by atoms with van der Waals surface area (Å²) in [7, 11) is 7.66. The SMILES string of the molecule is [B]c1cc2ccc3cc([B]OC(C)(C)C(C)(C)O)sc3c2s1. The van der Waals surface area contributed by atoms with Gasteiger partial charge in [0.1, 0.15) is 7.85 Å². The summed E-state index contributed by atoms with van der Waals surface area (Å²) in [6, 6.07) is 8.33. The predicted octanol–water partition coefficient (Wildman–Crippen LogP) is 2.72. The van der Waals surface area contributed by atoms with Crippen LogP contribution in [0.5, 0.6) is 0 Å². The number of thiophene rings is 2. The molecule has 0 spiro atoms. The van der Waals surface area contributed by atoms with Crippen molar-refractivity contribution in [2.75, 3.05) is 0 Å². The number of hydrogen-bond donors (Lipinski definition) is 1. The summed E-state index contributed by atoms with van der Waals surface area (Å²) in [6.07, 6.45) is 0. The van der Waals surface area contributed by atoms with Gasteiger partial charge in [-0.2, -0.15) is 11.3 Å². The Morgan fingerprint density at radius 3 is 2.27 bits per heavy atom. The van der Waals surface area contributed by atoms with Crippen LogP contribution < -0.4 is 9.55 Å². The van der Waals surface area contributed by atoms with Crippen LogP contribution in [0.4, 0.5) is 0 Å². The van der Waals surface area contributed by atoms with Crippen LogP contribution in [0.25, 0.3) is 20.2 Å². The van der Waals surface area contributed by atoms with Crippen molar-refractivity contribution in [2.45, 2.75) is 38.9 Å². The van der Waals surface area contributed by atoms with Crippen molar-refractivity contribution in [2.24, 2.45) is 0 Å². The Balaban J connectivity index is 1.91. The molecule has 22 heavy (non-hydrogen) atoms. The summed E-state index contributed by atoms with van der Waals surface area (Å²) < 4.78 is 10.2. The zero-order valence-electron chi connectivity index (χ0n) is 13.1. The second kappa shape index (κ2) is 5.38. The van der Waals surface area contributed by atoms with Gasteiger partial charge in [0.25, 0.3) is 0 Å². The van der Waals surface area contributed by atoms with E-state index in [0.717, 1.165) is 9.55 Å². The molecule has 0 atom stereocenters. The first kappa shape index (κ1) is 16.1. The van der Waals surface area contributed by atoms with E-state index in [4.69, 9.17) is 12.5 Å². The minimum absolute atomic E-state index is 0.661. The molecule has 0 aliphatic rings. The molecule has 1 aromatic carbocycles.